The number of hydrogen-bond acceptors (Lipinski definition) is 4. The Morgan fingerprint density at radius 3 is 2.46 bits per heavy atom. The zero-order valence-corrected chi connectivity index (χ0v) is 14.2. The molecule has 0 saturated heterocycles. The number of nitrogens with zero attached hydrogens (tertiary/aromatic N) is 1. The van der Waals surface area contributed by atoms with Crippen LogP contribution < -0.4 is 16.2 Å². The molecule has 2 aromatic carbocycles. The van der Waals surface area contributed by atoms with Crippen molar-refractivity contribution in [3.05, 3.63) is 69.8 Å². The maximum atomic E-state index is 12.7. The van der Waals surface area contributed by atoms with E-state index in [1.54, 1.807) is 0 Å². The van der Waals surface area contributed by atoms with E-state index >= 15 is 0 Å². The number of nitro groups is 1. The lowest BCUT2D eigenvalue weighted by Crippen LogP contribution is -2.39. The standard InChI is InChI=1S/C16H15F3N4O2S/c17-16(18,19)12-6-7-13(14(10-12)23(24)25)21-22-15(26)20-9-8-11-4-2-1-3-5-11/h1-7,10,21H,8-9H2,(H2,20,22,26). The van der Waals surface area contributed by atoms with Crippen LogP contribution in [0.25, 0.3) is 0 Å². The lowest BCUT2D eigenvalue weighted by atomic mass is 10.1. The smallest absolute Gasteiger partial charge is 0.361 e. The Hall–Kier alpha value is -2.88. The van der Waals surface area contributed by atoms with Crippen molar-refractivity contribution in [1.29, 1.82) is 0 Å². The lowest BCUT2D eigenvalue weighted by molar-refractivity contribution is -0.384. The Labute approximate surface area is 152 Å². The van der Waals surface area contributed by atoms with Gasteiger partial charge in [-0.05, 0) is 36.3 Å². The van der Waals surface area contributed by atoms with Gasteiger partial charge < -0.3 is 5.32 Å². The second kappa shape index (κ2) is 8.48. The van der Waals surface area contributed by atoms with Crippen LogP contribution in [0, 0.1) is 10.1 Å². The summed E-state index contributed by atoms with van der Waals surface area (Å²) in [4.78, 5) is 10.1. The molecule has 0 saturated carbocycles. The van der Waals surface area contributed by atoms with Crippen molar-refractivity contribution in [1.82, 2.24) is 10.7 Å². The number of alkyl halides is 3. The van der Waals surface area contributed by atoms with E-state index in [1.165, 1.54) is 0 Å². The van der Waals surface area contributed by atoms with Gasteiger partial charge in [-0.2, -0.15) is 13.2 Å². The Morgan fingerprint density at radius 1 is 1.15 bits per heavy atom. The SMILES string of the molecule is O=[N+]([O-])c1cc(C(F)(F)F)ccc1NNC(=S)NCCc1ccccc1. The minimum absolute atomic E-state index is 0.129. The molecule has 0 amide bonds. The van der Waals surface area contributed by atoms with Crippen molar-refractivity contribution in [3.63, 3.8) is 0 Å². The molecule has 6 nitrogen and oxygen atoms in total. The van der Waals surface area contributed by atoms with Crippen LogP contribution in [-0.4, -0.2) is 16.6 Å². The summed E-state index contributed by atoms with van der Waals surface area (Å²) in [6.07, 6.45) is -3.95. The Morgan fingerprint density at radius 2 is 1.85 bits per heavy atom. The van der Waals surface area contributed by atoms with Crippen LogP contribution in [0.4, 0.5) is 24.5 Å². The molecule has 2 rings (SSSR count). The fourth-order valence-electron chi connectivity index (χ4n) is 2.10. The van der Waals surface area contributed by atoms with E-state index in [9.17, 15) is 23.3 Å². The molecular weight excluding hydrogens is 369 g/mol. The first kappa shape index (κ1) is 19.4. The summed E-state index contributed by atoms with van der Waals surface area (Å²) in [5.74, 6) is 0. The third kappa shape index (κ3) is 5.59. The molecule has 0 aliphatic heterocycles. The second-order valence-corrected chi connectivity index (χ2v) is 5.64. The average Bonchev–Trinajstić information content (AvgIpc) is 2.60. The van der Waals surface area contributed by atoms with Crippen LogP contribution in [0.1, 0.15) is 11.1 Å². The molecule has 0 unspecified atom stereocenters. The van der Waals surface area contributed by atoms with Crippen molar-refractivity contribution in [2.75, 3.05) is 12.0 Å². The highest BCUT2D eigenvalue weighted by Gasteiger charge is 2.33. The van der Waals surface area contributed by atoms with Gasteiger partial charge in [-0.1, -0.05) is 30.3 Å². The van der Waals surface area contributed by atoms with Crippen LogP contribution in [0.2, 0.25) is 0 Å². The summed E-state index contributed by atoms with van der Waals surface area (Å²) in [5.41, 5.74) is 4.15. The number of nitro benzene ring substituents is 1. The highest BCUT2D eigenvalue weighted by atomic mass is 32.1. The van der Waals surface area contributed by atoms with Gasteiger partial charge in [0.25, 0.3) is 5.69 Å². The number of nitrogens with one attached hydrogen (secondary N) is 3. The summed E-state index contributed by atoms with van der Waals surface area (Å²) in [6.45, 7) is 0.520. The van der Waals surface area contributed by atoms with E-state index in [4.69, 9.17) is 12.2 Å². The van der Waals surface area contributed by atoms with Gasteiger partial charge in [-0.15, -0.1) is 0 Å². The maximum Gasteiger partial charge on any atom is 0.416 e. The van der Waals surface area contributed by atoms with Crippen molar-refractivity contribution < 1.29 is 18.1 Å². The van der Waals surface area contributed by atoms with Crippen LogP contribution in [0.3, 0.4) is 0 Å². The molecular formula is C16H15F3N4O2S. The Bertz CT molecular complexity index is 785. The number of hydrogen-bond donors (Lipinski definition) is 3. The summed E-state index contributed by atoms with van der Waals surface area (Å²) >= 11 is 5.03. The number of hydrazine groups is 1. The first-order chi connectivity index (χ1) is 12.3. The third-order valence-corrected chi connectivity index (χ3v) is 3.62. The molecule has 3 N–H and O–H groups in total. The number of halogens is 3. The van der Waals surface area contributed by atoms with E-state index in [2.05, 4.69) is 16.2 Å². The fraction of sp³-hybridized carbons (Fsp3) is 0.188. The zero-order valence-electron chi connectivity index (χ0n) is 13.3. The molecule has 0 heterocycles. The topological polar surface area (TPSA) is 79.2 Å². The van der Waals surface area contributed by atoms with Crippen LogP contribution in [0.5, 0.6) is 0 Å². The molecule has 0 bridgehead atoms. The fourth-order valence-corrected chi connectivity index (χ4v) is 2.25. The molecule has 10 heteroatoms. The third-order valence-electron chi connectivity index (χ3n) is 3.37. The summed E-state index contributed by atoms with van der Waals surface area (Å²) < 4.78 is 38.0. The first-order valence-electron chi connectivity index (χ1n) is 7.47. The van der Waals surface area contributed by atoms with Gasteiger partial charge in [0.2, 0.25) is 0 Å². The average molecular weight is 384 g/mol. The molecule has 0 aliphatic rings. The van der Waals surface area contributed by atoms with Crippen molar-refractivity contribution in [2.24, 2.45) is 0 Å². The number of benzene rings is 2. The highest BCUT2D eigenvalue weighted by molar-refractivity contribution is 7.80. The van der Waals surface area contributed by atoms with E-state index in [0.717, 1.165) is 17.7 Å². The minimum atomic E-state index is -4.66. The summed E-state index contributed by atoms with van der Waals surface area (Å²) in [7, 11) is 0. The minimum Gasteiger partial charge on any atom is -0.361 e. The van der Waals surface area contributed by atoms with E-state index in [-0.39, 0.29) is 10.8 Å². The van der Waals surface area contributed by atoms with Crippen LogP contribution in [0.15, 0.2) is 48.5 Å². The molecule has 0 aliphatic carbocycles. The molecule has 0 fully saturated rings. The quantitative estimate of drug-likeness (QED) is 0.401. The molecule has 138 valence electrons. The molecule has 0 spiro atoms. The lowest BCUT2D eigenvalue weighted by Gasteiger charge is -2.14. The van der Waals surface area contributed by atoms with Gasteiger partial charge in [0.05, 0.1) is 10.5 Å². The number of rotatable bonds is 6. The maximum absolute atomic E-state index is 12.7. The summed E-state index contributed by atoms with van der Waals surface area (Å²) in [5, 5.41) is 14.1. The van der Waals surface area contributed by atoms with E-state index in [1.807, 2.05) is 30.3 Å². The predicted molar refractivity (Wildman–Crippen MR) is 95.6 cm³/mol. The van der Waals surface area contributed by atoms with Crippen molar-refractivity contribution in [3.8, 4) is 0 Å². The first-order valence-corrected chi connectivity index (χ1v) is 7.87. The van der Waals surface area contributed by atoms with Gasteiger partial charge >= 0.3 is 6.18 Å². The van der Waals surface area contributed by atoms with Gasteiger partial charge in [-0.25, -0.2) is 0 Å². The Kier molecular flexibility index (Phi) is 6.34. The van der Waals surface area contributed by atoms with Crippen LogP contribution >= 0.6 is 12.2 Å². The number of anilines is 1. The summed E-state index contributed by atoms with van der Waals surface area (Å²) in [6, 6.07) is 11.8. The van der Waals surface area contributed by atoms with Gasteiger partial charge in [0.1, 0.15) is 5.69 Å². The highest BCUT2D eigenvalue weighted by Crippen LogP contribution is 2.34. The van der Waals surface area contributed by atoms with Crippen LogP contribution in [-0.2, 0) is 12.6 Å². The molecule has 26 heavy (non-hydrogen) atoms. The molecule has 2 aromatic rings. The monoisotopic (exact) mass is 384 g/mol. The van der Waals surface area contributed by atoms with Gasteiger partial charge in [0.15, 0.2) is 5.11 Å². The normalized spacial score (nSPS) is 10.9. The molecule has 0 aromatic heterocycles. The molecule has 0 atom stereocenters. The van der Waals surface area contributed by atoms with Gasteiger partial charge in [0, 0.05) is 12.6 Å². The zero-order chi connectivity index (χ0) is 19.2. The van der Waals surface area contributed by atoms with E-state index < -0.39 is 22.4 Å². The van der Waals surface area contributed by atoms with Gasteiger partial charge in [-0.3, -0.25) is 21.0 Å². The van der Waals surface area contributed by atoms with E-state index in [0.29, 0.717) is 19.0 Å². The van der Waals surface area contributed by atoms with Crippen molar-refractivity contribution in [2.45, 2.75) is 12.6 Å². The van der Waals surface area contributed by atoms with Crippen molar-refractivity contribution >= 4 is 28.7 Å². The molecule has 0 radical (unpaired) electrons. The Balaban J connectivity index is 1.91. The predicted octanol–water partition coefficient (Wildman–Crippen LogP) is 3.65. The number of thiocarbonyl (C=S) groups is 1. The second-order valence-electron chi connectivity index (χ2n) is 5.23. The largest absolute Gasteiger partial charge is 0.416 e.